The van der Waals surface area contributed by atoms with E-state index in [-0.39, 0.29) is 11.6 Å². The molecule has 1 aliphatic heterocycles. The number of imide groups is 1. The normalized spacial score (nSPS) is 18.5. The number of rotatable bonds is 1. The zero-order valence-electron chi connectivity index (χ0n) is 8.10. The van der Waals surface area contributed by atoms with Crippen LogP contribution in [0.1, 0.15) is 5.56 Å². The van der Waals surface area contributed by atoms with Crippen LogP contribution in [0.3, 0.4) is 0 Å². The van der Waals surface area contributed by atoms with Crippen LogP contribution in [-0.4, -0.2) is 28.9 Å². The molecule has 2 rings (SSSR count). The van der Waals surface area contributed by atoms with Gasteiger partial charge in [-0.25, -0.2) is 4.79 Å². The maximum absolute atomic E-state index is 11.5. The van der Waals surface area contributed by atoms with E-state index in [1.807, 2.05) is 0 Å². The second-order valence-corrected chi connectivity index (χ2v) is 3.13. The maximum Gasteiger partial charge on any atom is 0.328 e. The zero-order chi connectivity index (χ0) is 10.8. The van der Waals surface area contributed by atoms with E-state index in [2.05, 4.69) is 10.3 Å². The molecule has 1 saturated heterocycles. The Morgan fingerprint density at radius 1 is 1.33 bits per heavy atom. The van der Waals surface area contributed by atoms with E-state index < -0.39 is 6.03 Å². The minimum atomic E-state index is -0.402. The molecule has 0 atom stereocenters. The molecule has 3 amide bonds. The Morgan fingerprint density at radius 3 is 2.53 bits per heavy atom. The van der Waals surface area contributed by atoms with Gasteiger partial charge < -0.3 is 5.32 Å². The average Bonchev–Trinajstić information content (AvgIpc) is 2.48. The van der Waals surface area contributed by atoms with Crippen LogP contribution >= 0.6 is 0 Å². The Kier molecular flexibility index (Phi) is 2.21. The average molecular weight is 203 g/mol. The highest BCUT2D eigenvalue weighted by Gasteiger charge is 2.29. The number of nitrogens with one attached hydrogen (secondary N) is 1. The van der Waals surface area contributed by atoms with Crippen molar-refractivity contribution < 1.29 is 9.59 Å². The SMILES string of the molecule is CN1C(=O)N/C(=C\c2ccncc2)C1=O. The molecule has 2 heterocycles. The highest BCUT2D eigenvalue weighted by Crippen LogP contribution is 2.11. The molecule has 76 valence electrons. The molecule has 5 nitrogen and oxygen atoms in total. The van der Waals surface area contributed by atoms with Crippen molar-refractivity contribution in [3.05, 3.63) is 35.8 Å². The summed E-state index contributed by atoms with van der Waals surface area (Å²) in [5.74, 6) is -0.322. The van der Waals surface area contributed by atoms with Crippen molar-refractivity contribution in [2.24, 2.45) is 0 Å². The van der Waals surface area contributed by atoms with Crippen molar-refractivity contribution in [3.63, 3.8) is 0 Å². The fourth-order valence-corrected chi connectivity index (χ4v) is 1.25. The number of carbonyl (C=O) groups excluding carboxylic acids is 2. The minimum Gasteiger partial charge on any atom is -0.303 e. The molecule has 1 aromatic rings. The predicted molar refractivity (Wildman–Crippen MR) is 53.5 cm³/mol. The summed E-state index contributed by atoms with van der Waals surface area (Å²) in [4.78, 5) is 27.5. The zero-order valence-corrected chi connectivity index (χ0v) is 8.10. The van der Waals surface area contributed by atoms with Crippen molar-refractivity contribution in [1.29, 1.82) is 0 Å². The smallest absolute Gasteiger partial charge is 0.303 e. The molecule has 5 heteroatoms. The topological polar surface area (TPSA) is 62.3 Å². The van der Waals surface area contributed by atoms with Crippen molar-refractivity contribution in [2.45, 2.75) is 0 Å². The largest absolute Gasteiger partial charge is 0.328 e. The lowest BCUT2D eigenvalue weighted by atomic mass is 10.2. The number of nitrogens with zero attached hydrogens (tertiary/aromatic N) is 2. The molecule has 0 bridgehead atoms. The molecular weight excluding hydrogens is 194 g/mol. The van der Waals surface area contributed by atoms with Crippen LogP contribution in [0.5, 0.6) is 0 Å². The molecule has 0 aliphatic carbocycles. The van der Waals surface area contributed by atoms with Crippen LogP contribution in [-0.2, 0) is 4.79 Å². The number of likely N-dealkylation sites (N-methyl/N-ethyl adjacent to an activating group) is 1. The van der Waals surface area contributed by atoms with Crippen LogP contribution in [0.4, 0.5) is 4.79 Å². The van der Waals surface area contributed by atoms with Gasteiger partial charge in [-0.1, -0.05) is 0 Å². The van der Waals surface area contributed by atoms with Crippen molar-refractivity contribution in [3.8, 4) is 0 Å². The summed E-state index contributed by atoms with van der Waals surface area (Å²) in [7, 11) is 1.44. The first-order valence-corrected chi connectivity index (χ1v) is 4.39. The number of pyridine rings is 1. The van der Waals surface area contributed by atoms with Gasteiger partial charge in [0, 0.05) is 19.4 Å². The lowest BCUT2D eigenvalue weighted by Gasteiger charge is -1.99. The van der Waals surface area contributed by atoms with E-state index in [1.165, 1.54) is 7.05 Å². The van der Waals surface area contributed by atoms with Crippen LogP contribution < -0.4 is 5.32 Å². The van der Waals surface area contributed by atoms with Crippen molar-refractivity contribution >= 4 is 18.0 Å². The van der Waals surface area contributed by atoms with Gasteiger partial charge in [-0.3, -0.25) is 14.7 Å². The number of hydrogen-bond donors (Lipinski definition) is 1. The van der Waals surface area contributed by atoms with Gasteiger partial charge >= 0.3 is 6.03 Å². The Bertz CT molecular complexity index is 439. The maximum atomic E-state index is 11.5. The summed E-state index contributed by atoms with van der Waals surface area (Å²) in [5.41, 5.74) is 1.11. The third-order valence-corrected chi connectivity index (χ3v) is 2.10. The molecule has 0 unspecified atom stereocenters. The fourth-order valence-electron chi connectivity index (χ4n) is 1.25. The first kappa shape index (κ1) is 9.39. The first-order chi connectivity index (χ1) is 7.18. The monoisotopic (exact) mass is 203 g/mol. The molecule has 1 aliphatic rings. The molecular formula is C10H9N3O2. The molecule has 15 heavy (non-hydrogen) atoms. The molecule has 0 saturated carbocycles. The Hall–Kier alpha value is -2.17. The highest BCUT2D eigenvalue weighted by atomic mass is 16.2. The molecule has 1 aromatic heterocycles. The van der Waals surface area contributed by atoms with Crippen LogP contribution in [0.25, 0.3) is 6.08 Å². The summed E-state index contributed by atoms with van der Waals surface area (Å²) in [6.45, 7) is 0. The lowest BCUT2D eigenvalue weighted by molar-refractivity contribution is -0.121. The second-order valence-electron chi connectivity index (χ2n) is 3.13. The predicted octanol–water partition coefficient (Wildman–Crippen LogP) is 0.604. The van der Waals surface area contributed by atoms with Gasteiger partial charge in [-0.05, 0) is 23.8 Å². The summed E-state index contributed by atoms with van der Waals surface area (Å²) >= 11 is 0. The van der Waals surface area contributed by atoms with E-state index in [4.69, 9.17) is 0 Å². The van der Waals surface area contributed by atoms with Crippen molar-refractivity contribution in [2.75, 3.05) is 7.05 Å². The lowest BCUT2D eigenvalue weighted by Crippen LogP contribution is -2.25. The van der Waals surface area contributed by atoms with Gasteiger partial charge in [0.2, 0.25) is 0 Å². The van der Waals surface area contributed by atoms with Gasteiger partial charge in [-0.15, -0.1) is 0 Å². The van der Waals surface area contributed by atoms with Gasteiger partial charge in [0.1, 0.15) is 5.70 Å². The van der Waals surface area contributed by atoms with Gasteiger partial charge in [-0.2, -0.15) is 0 Å². The number of hydrogen-bond acceptors (Lipinski definition) is 3. The molecule has 0 radical (unpaired) electrons. The van der Waals surface area contributed by atoms with Crippen LogP contribution in [0.2, 0.25) is 0 Å². The quantitative estimate of drug-likeness (QED) is 0.537. The van der Waals surface area contributed by atoms with Crippen LogP contribution in [0, 0.1) is 0 Å². The van der Waals surface area contributed by atoms with Gasteiger partial charge in [0.05, 0.1) is 0 Å². The van der Waals surface area contributed by atoms with Gasteiger partial charge in [0.25, 0.3) is 5.91 Å². The van der Waals surface area contributed by atoms with E-state index in [0.29, 0.717) is 0 Å². The number of urea groups is 1. The van der Waals surface area contributed by atoms with E-state index in [9.17, 15) is 9.59 Å². The molecule has 1 fully saturated rings. The van der Waals surface area contributed by atoms with Crippen molar-refractivity contribution in [1.82, 2.24) is 15.2 Å². The number of aromatic nitrogens is 1. The molecule has 0 aromatic carbocycles. The van der Waals surface area contributed by atoms with E-state index in [0.717, 1.165) is 10.5 Å². The second kappa shape index (κ2) is 3.53. The summed E-state index contributed by atoms with van der Waals surface area (Å²) in [6, 6.07) is 3.11. The molecule has 1 N–H and O–H groups in total. The summed E-state index contributed by atoms with van der Waals surface area (Å²) < 4.78 is 0. The highest BCUT2D eigenvalue weighted by molar-refractivity contribution is 6.13. The third kappa shape index (κ3) is 1.71. The van der Waals surface area contributed by atoms with Gasteiger partial charge in [0.15, 0.2) is 0 Å². The minimum absolute atomic E-state index is 0.286. The third-order valence-electron chi connectivity index (χ3n) is 2.10. The summed E-state index contributed by atoms with van der Waals surface area (Å²) in [6.07, 6.45) is 4.86. The van der Waals surface area contributed by atoms with Crippen LogP contribution in [0.15, 0.2) is 30.2 Å². The van der Waals surface area contributed by atoms with E-state index in [1.54, 1.807) is 30.6 Å². The van der Waals surface area contributed by atoms with E-state index >= 15 is 0 Å². The fraction of sp³-hybridized carbons (Fsp3) is 0.100. The number of carbonyl (C=O) groups is 2. The Balaban J connectivity index is 2.30. The Labute approximate surface area is 86.4 Å². The standard InChI is InChI=1S/C10H9N3O2/c1-13-9(14)8(12-10(13)15)6-7-2-4-11-5-3-7/h2-6H,1H3,(H,12,15)/b8-6-. The first-order valence-electron chi connectivity index (χ1n) is 4.39. The summed E-state index contributed by atoms with van der Waals surface area (Å²) in [5, 5.41) is 2.48. The Morgan fingerprint density at radius 2 is 2.00 bits per heavy atom. The molecule has 0 spiro atoms. The number of amides is 3.